The molecule has 0 saturated heterocycles. The second kappa shape index (κ2) is 2.72. The van der Waals surface area contributed by atoms with Gasteiger partial charge in [-0.15, -0.1) is 0 Å². The van der Waals surface area contributed by atoms with Crippen molar-refractivity contribution in [3.8, 4) is 0 Å². The predicted molar refractivity (Wildman–Crippen MR) is 54.7 cm³/mol. The summed E-state index contributed by atoms with van der Waals surface area (Å²) in [6.07, 6.45) is 7.22. The number of ether oxygens (including phenoxy) is 1. The fourth-order valence-corrected chi connectivity index (χ4v) is 2.34. The highest BCUT2D eigenvalue weighted by atomic mass is 16.5. The van der Waals surface area contributed by atoms with Gasteiger partial charge >= 0.3 is 0 Å². The monoisotopic (exact) mass is 192 g/mol. The van der Waals surface area contributed by atoms with E-state index in [0.717, 1.165) is 12.2 Å². The number of rotatable bonds is 1. The van der Waals surface area contributed by atoms with Gasteiger partial charge in [0.25, 0.3) is 0 Å². The molecule has 2 rings (SSSR count). The average Bonchev–Trinajstić information content (AvgIpc) is 2.66. The lowest BCUT2D eigenvalue weighted by atomic mass is 9.91. The normalized spacial score (nSPS) is 33.9. The Kier molecular flexibility index (Phi) is 1.85. The molecule has 1 spiro atoms. The summed E-state index contributed by atoms with van der Waals surface area (Å²) in [6, 6.07) is 0. The third-order valence-corrected chi connectivity index (χ3v) is 3.56. The van der Waals surface area contributed by atoms with E-state index in [-0.39, 0.29) is 16.6 Å². The smallest absolute Gasteiger partial charge is 0.156 e. The lowest BCUT2D eigenvalue weighted by molar-refractivity contribution is -0.115. The van der Waals surface area contributed by atoms with Crippen LogP contribution in [0, 0.1) is 10.8 Å². The van der Waals surface area contributed by atoms with E-state index < -0.39 is 0 Å². The zero-order valence-electron chi connectivity index (χ0n) is 8.96. The van der Waals surface area contributed by atoms with Crippen molar-refractivity contribution in [2.45, 2.75) is 26.7 Å². The molecule has 0 aromatic carbocycles. The Morgan fingerprint density at radius 1 is 1.36 bits per heavy atom. The summed E-state index contributed by atoms with van der Waals surface area (Å²) in [5, 5.41) is 0. The lowest BCUT2D eigenvalue weighted by Crippen LogP contribution is -2.10. The van der Waals surface area contributed by atoms with Gasteiger partial charge in [-0.2, -0.15) is 0 Å². The molecule has 1 atom stereocenters. The molecule has 0 aliphatic heterocycles. The number of allylic oxidation sites excluding steroid dienone is 3. The van der Waals surface area contributed by atoms with Gasteiger partial charge in [0.2, 0.25) is 0 Å². The van der Waals surface area contributed by atoms with E-state index in [4.69, 9.17) is 4.74 Å². The summed E-state index contributed by atoms with van der Waals surface area (Å²) in [4.78, 5) is 11.5. The molecule has 0 radical (unpaired) electrons. The number of methoxy groups -OCH3 is 1. The summed E-state index contributed by atoms with van der Waals surface area (Å²) < 4.78 is 5.21. The quantitative estimate of drug-likeness (QED) is 0.638. The summed E-state index contributed by atoms with van der Waals surface area (Å²) in [5.74, 6) is 1.03. The van der Waals surface area contributed by atoms with Gasteiger partial charge in [0, 0.05) is 11.8 Å². The minimum Gasteiger partial charge on any atom is -0.497 e. The Hall–Kier alpha value is -1.05. The van der Waals surface area contributed by atoms with E-state index in [0.29, 0.717) is 6.42 Å². The van der Waals surface area contributed by atoms with Crippen LogP contribution in [0.15, 0.2) is 24.0 Å². The standard InChI is InChI=1S/C12H16O2/c1-11(2)8-12(11)6-9(13)4-5-10(7-12)14-3/h4-5,7H,6,8H2,1-3H3. The largest absolute Gasteiger partial charge is 0.497 e. The van der Waals surface area contributed by atoms with Crippen molar-refractivity contribution in [2.75, 3.05) is 7.11 Å². The van der Waals surface area contributed by atoms with E-state index in [1.54, 1.807) is 19.3 Å². The van der Waals surface area contributed by atoms with E-state index in [1.807, 2.05) is 0 Å². The summed E-state index contributed by atoms with van der Waals surface area (Å²) in [5.41, 5.74) is 0.303. The molecular formula is C12H16O2. The molecule has 2 aliphatic carbocycles. The molecule has 14 heavy (non-hydrogen) atoms. The minimum atomic E-state index is 0.0545. The molecule has 2 nitrogen and oxygen atoms in total. The summed E-state index contributed by atoms with van der Waals surface area (Å²) in [6.45, 7) is 4.41. The van der Waals surface area contributed by atoms with Gasteiger partial charge in [-0.3, -0.25) is 4.79 Å². The van der Waals surface area contributed by atoms with Crippen LogP contribution in [-0.4, -0.2) is 12.9 Å². The van der Waals surface area contributed by atoms with E-state index in [9.17, 15) is 4.79 Å². The Balaban J connectivity index is 2.33. The van der Waals surface area contributed by atoms with Gasteiger partial charge in [0.1, 0.15) is 5.76 Å². The third kappa shape index (κ3) is 1.29. The van der Waals surface area contributed by atoms with Crippen molar-refractivity contribution in [1.29, 1.82) is 0 Å². The highest BCUT2D eigenvalue weighted by Gasteiger charge is 2.60. The molecule has 0 amide bonds. The maximum Gasteiger partial charge on any atom is 0.156 e. The molecule has 0 N–H and O–H groups in total. The van der Waals surface area contributed by atoms with Crippen molar-refractivity contribution in [1.82, 2.24) is 0 Å². The molecule has 76 valence electrons. The van der Waals surface area contributed by atoms with Gasteiger partial charge in [-0.25, -0.2) is 0 Å². The topological polar surface area (TPSA) is 26.3 Å². The number of carbonyl (C=O) groups excluding carboxylic acids is 1. The first-order chi connectivity index (χ1) is 6.49. The fourth-order valence-electron chi connectivity index (χ4n) is 2.34. The number of carbonyl (C=O) groups is 1. The average molecular weight is 192 g/mol. The van der Waals surface area contributed by atoms with Crippen LogP contribution in [0.2, 0.25) is 0 Å². The summed E-state index contributed by atoms with van der Waals surface area (Å²) >= 11 is 0. The highest BCUT2D eigenvalue weighted by molar-refractivity contribution is 5.91. The number of hydrogen-bond donors (Lipinski definition) is 0. The van der Waals surface area contributed by atoms with Crippen LogP contribution in [0.4, 0.5) is 0 Å². The van der Waals surface area contributed by atoms with Gasteiger partial charge in [0.05, 0.1) is 7.11 Å². The molecule has 2 heteroatoms. The Morgan fingerprint density at radius 2 is 2.00 bits per heavy atom. The van der Waals surface area contributed by atoms with Crippen LogP contribution >= 0.6 is 0 Å². The Bertz CT molecular complexity index is 336. The van der Waals surface area contributed by atoms with Gasteiger partial charge < -0.3 is 4.74 Å². The first-order valence-corrected chi connectivity index (χ1v) is 4.97. The van der Waals surface area contributed by atoms with Crippen molar-refractivity contribution in [3.05, 3.63) is 24.0 Å². The third-order valence-electron chi connectivity index (χ3n) is 3.56. The highest BCUT2D eigenvalue weighted by Crippen LogP contribution is 2.67. The predicted octanol–water partition coefficient (Wildman–Crippen LogP) is 2.46. The van der Waals surface area contributed by atoms with Crippen molar-refractivity contribution in [2.24, 2.45) is 10.8 Å². The van der Waals surface area contributed by atoms with Gasteiger partial charge in [0.15, 0.2) is 5.78 Å². The first-order valence-electron chi connectivity index (χ1n) is 4.97. The van der Waals surface area contributed by atoms with Crippen molar-refractivity contribution in [3.63, 3.8) is 0 Å². The molecular weight excluding hydrogens is 176 g/mol. The molecule has 2 aliphatic rings. The van der Waals surface area contributed by atoms with Gasteiger partial charge in [-0.05, 0) is 30.1 Å². The SMILES string of the molecule is COC1=CC2(CC(=O)C=C1)CC2(C)C. The second-order valence-corrected chi connectivity index (χ2v) is 4.94. The Labute approximate surface area is 84.6 Å². The molecule has 0 aromatic rings. The van der Waals surface area contributed by atoms with Crippen LogP contribution in [0.3, 0.4) is 0 Å². The molecule has 1 fully saturated rings. The Morgan fingerprint density at radius 3 is 2.50 bits per heavy atom. The molecule has 0 bridgehead atoms. The molecule has 1 unspecified atom stereocenters. The maximum absolute atomic E-state index is 11.5. The molecule has 0 heterocycles. The van der Waals surface area contributed by atoms with Crippen LogP contribution in [-0.2, 0) is 9.53 Å². The van der Waals surface area contributed by atoms with E-state index in [1.165, 1.54) is 0 Å². The van der Waals surface area contributed by atoms with Crippen molar-refractivity contribution < 1.29 is 9.53 Å². The maximum atomic E-state index is 11.5. The zero-order chi connectivity index (χ0) is 10.4. The summed E-state index contributed by atoms with van der Waals surface area (Å²) in [7, 11) is 1.65. The molecule has 1 saturated carbocycles. The van der Waals surface area contributed by atoms with Crippen LogP contribution in [0.1, 0.15) is 26.7 Å². The van der Waals surface area contributed by atoms with E-state index in [2.05, 4.69) is 19.9 Å². The second-order valence-electron chi connectivity index (χ2n) is 4.94. The minimum absolute atomic E-state index is 0.0545. The first kappa shape index (κ1) is 9.50. The fraction of sp³-hybridized carbons (Fsp3) is 0.583. The molecule has 0 aromatic heterocycles. The van der Waals surface area contributed by atoms with E-state index >= 15 is 0 Å². The lowest BCUT2D eigenvalue weighted by Gasteiger charge is -2.14. The van der Waals surface area contributed by atoms with Crippen LogP contribution in [0.5, 0.6) is 0 Å². The van der Waals surface area contributed by atoms with Gasteiger partial charge in [-0.1, -0.05) is 13.8 Å². The zero-order valence-corrected chi connectivity index (χ0v) is 8.96. The van der Waals surface area contributed by atoms with Crippen molar-refractivity contribution >= 4 is 5.78 Å². The van der Waals surface area contributed by atoms with Crippen LogP contribution < -0.4 is 0 Å². The number of ketones is 1. The van der Waals surface area contributed by atoms with Crippen LogP contribution in [0.25, 0.3) is 0 Å². The number of hydrogen-bond acceptors (Lipinski definition) is 2.